The number of urea groups is 1. The lowest BCUT2D eigenvalue weighted by atomic mass is 9.98. The largest absolute Gasteiger partial charge is 0.493 e. The summed E-state index contributed by atoms with van der Waals surface area (Å²) in [6.45, 7) is 6.80. The van der Waals surface area contributed by atoms with Crippen molar-refractivity contribution in [2.75, 3.05) is 39.2 Å². The Kier molecular flexibility index (Phi) is 7.74. The van der Waals surface area contributed by atoms with Crippen LogP contribution < -0.4 is 19.5 Å². The number of aromatic nitrogens is 2. The van der Waals surface area contributed by atoms with Crippen LogP contribution in [0.25, 0.3) is 10.9 Å². The van der Waals surface area contributed by atoms with Crippen LogP contribution in [0.15, 0.2) is 41.7 Å². The molecule has 0 unspecified atom stereocenters. The molecule has 0 bridgehead atoms. The summed E-state index contributed by atoms with van der Waals surface area (Å²) >= 11 is 1.13. The molecule has 1 aliphatic heterocycles. The number of anilines is 1. The van der Waals surface area contributed by atoms with Gasteiger partial charge in [-0.2, -0.15) is 0 Å². The van der Waals surface area contributed by atoms with Gasteiger partial charge in [0.1, 0.15) is 11.4 Å². The lowest BCUT2D eigenvalue weighted by Crippen LogP contribution is -2.32. The van der Waals surface area contributed by atoms with Gasteiger partial charge >= 0.3 is 6.03 Å². The number of carbonyl (C=O) groups is 1. The third-order valence-corrected chi connectivity index (χ3v) is 6.88. The maximum absolute atomic E-state index is 12.5. The van der Waals surface area contributed by atoms with Crippen molar-refractivity contribution in [3.05, 3.63) is 47.8 Å². The number of methoxy groups -OCH3 is 1. The highest BCUT2D eigenvalue weighted by atomic mass is 32.2. The molecule has 0 saturated carbocycles. The fourth-order valence-electron chi connectivity index (χ4n) is 3.94. The average Bonchev–Trinajstić information content (AvgIpc) is 2.84. The van der Waals surface area contributed by atoms with Crippen molar-refractivity contribution < 1.29 is 14.3 Å². The Morgan fingerprint density at radius 2 is 1.94 bits per heavy atom. The van der Waals surface area contributed by atoms with Gasteiger partial charge in [0, 0.05) is 29.1 Å². The Morgan fingerprint density at radius 1 is 1.15 bits per heavy atom. The second-order valence-electron chi connectivity index (χ2n) is 8.73. The molecular formula is C25H31N5O3S. The molecule has 1 aliphatic rings. The standard InChI is InChI=1S/C25H31N5O3S/c1-16-5-6-17(2)20(11-16)28-25(31)29-34-24-19-12-22(32-4)23(13-21(19)26-15-27-24)33-14-18-7-9-30(3)10-8-18/h5-6,11-13,15,18H,7-10,14H2,1-4H3,(H2,28,29,31). The van der Waals surface area contributed by atoms with Crippen molar-refractivity contribution in [1.29, 1.82) is 0 Å². The number of piperidine rings is 1. The molecule has 3 aromatic rings. The zero-order valence-corrected chi connectivity index (χ0v) is 20.9. The molecule has 2 aromatic carbocycles. The highest BCUT2D eigenvalue weighted by molar-refractivity contribution is 7.98. The van der Waals surface area contributed by atoms with Crippen molar-refractivity contribution in [3.8, 4) is 11.5 Å². The Morgan fingerprint density at radius 3 is 2.71 bits per heavy atom. The van der Waals surface area contributed by atoms with Crippen LogP contribution in [-0.2, 0) is 0 Å². The maximum Gasteiger partial charge on any atom is 0.329 e. The van der Waals surface area contributed by atoms with E-state index in [0.717, 1.165) is 65.6 Å². The molecule has 2 heterocycles. The minimum Gasteiger partial charge on any atom is -0.493 e. The topological polar surface area (TPSA) is 88.6 Å². The van der Waals surface area contributed by atoms with E-state index in [4.69, 9.17) is 9.47 Å². The normalized spacial score (nSPS) is 14.7. The second-order valence-corrected chi connectivity index (χ2v) is 9.53. The number of likely N-dealkylation sites (tertiary alicyclic amines) is 1. The van der Waals surface area contributed by atoms with Gasteiger partial charge in [-0.25, -0.2) is 14.8 Å². The number of aryl methyl sites for hydroxylation is 2. The van der Waals surface area contributed by atoms with Crippen LogP contribution in [0.2, 0.25) is 0 Å². The predicted molar refractivity (Wildman–Crippen MR) is 136 cm³/mol. The quantitative estimate of drug-likeness (QED) is 0.370. The summed E-state index contributed by atoms with van der Waals surface area (Å²) in [4.78, 5) is 23.6. The van der Waals surface area contributed by atoms with Crippen LogP contribution in [-0.4, -0.2) is 54.8 Å². The summed E-state index contributed by atoms with van der Waals surface area (Å²) in [5, 5.41) is 4.30. The number of nitrogens with zero attached hydrogens (tertiary/aromatic N) is 3. The molecule has 9 heteroatoms. The van der Waals surface area contributed by atoms with Crippen LogP contribution in [0.5, 0.6) is 11.5 Å². The summed E-state index contributed by atoms with van der Waals surface area (Å²) in [6.07, 6.45) is 3.75. The molecule has 1 aromatic heterocycles. The molecule has 0 spiro atoms. The second kappa shape index (κ2) is 10.9. The molecular weight excluding hydrogens is 450 g/mol. The van der Waals surface area contributed by atoms with E-state index in [0.29, 0.717) is 29.0 Å². The number of hydrogen-bond donors (Lipinski definition) is 2. The number of ether oxygens (including phenoxy) is 2. The van der Waals surface area contributed by atoms with E-state index in [1.165, 1.54) is 6.33 Å². The smallest absolute Gasteiger partial charge is 0.329 e. The Hall–Kier alpha value is -3.04. The molecule has 1 saturated heterocycles. The molecule has 180 valence electrons. The number of fused-ring (bicyclic) bond motifs is 1. The third-order valence-electron chi connectivity index (χ3n) is 6.08. The van der Waals surface area contributed by atoms with E-state index in [2.05, 4.69) is 32.0 Å². The highest BCUT2D eigenvalue weighted by Gasteiger charge is 2.19. The molecule has 0 aliphatic carbocycles. The van der Waals surface area contributed by atoms with E-state index in [-0.39, 0.29) is 6.03 Å². The average molecular weight is 482 g/mol. The van der Waals surface area contributed by atoms with Crippen molar-refractivity contribution >= 4 is 34.6 Å². The van der Waals surface area contributed by atoms with Crippen LogP contribution in [0.4, 0.5) is 10.5 Å². The van der Waals surface area contributed by atoms with Crippen LogP contribution in [0.1, 0.15) is 24.0 Å². The predicted octanol–water partition coefficient (Wildman–Crippen LogP) is 4.80. The summed E-state index contributed by atoms with van der Waals surface area (Å²) in [6, 6.07) is 9.36. The van der Waals surface area contributed by atoms with Crippen molar-refractivity contribution in [2.45, 2.75) is 31.7 Å². The van der Waals surface area contributed by atoms with Gasteiger partial charge in [0.2, 0.25) is 0 Å². The zero-order valence-electron chi connectivity index (χ0n) is 20.1. The number of rotatable bonds is 7. The molecule has 0 atom stereocenters. The first-order valence-corrected chi connectivity index (χ1v) is 12.2. The molecule has 34 heavy (non-hydrogen) atoms. The lowest BCUT2D eigenvalue weighted by Gasteiger charge is -2.28. The Balaban J connectivity index is 1.45. The first-order chi connectivity index (χ1) is 16.4. The molecule has 2 amide bonds. The lowest BCUT2D eigenvalue weighted by molar-refractivity contribution is 0.157. The summed E-state index contributed by atoms with van der Waals surface area (Å²) in [5.74, 6) is 1.83. The van der Waals surface area contributed by atoms with Crippen molar-refractivity contribution in [2.24, 2.45) is 5.92 Å². The van der Waals surface area contributed by atoms with E-state index in [1.54, 1.807) is 7.11 Å². The van der Waals surface area contributed by atoms with Crippen LogP contribution in [0, 0.1) is 19.8 Å². The number of amides is 2. The summed E-state index contributed by atoms with van der Waals surface area (Å²) in [7, 11) is 3.77. The Labute approximate surface area is 204 Å². The maximum atomic E-state index is 12.5. The number of carbonyl (C=O) groups excluding carboxylic acids is 1. The Bertz CT molecular complexity index is 1160. The van der Waals surface area contributed by atoms with Gasteiger partial charge in [0.15, 0.2) is 11.5 Å². The summed E-state index contributed by atoms with van der Waals surface area (Å²) < 4.78 is 14.6. The van der Waals surface area contributed by atoms with Gasteiger partial charge < -0.3 is 19.7 Å². The summed E-state index contributed by atoms with van der Waals surface area (Å²) in [5.41, 5.74) is 3.58. The highest BCUT2D eigenvalue weighted by Crippen LogP contribution is 2.35. The van der Waals surface area contributed by atoms with Crippen LogP contribution in [0.3, 0.4) is 0 Å². The molecule has 8 nitrogen and oxygen atoms in total. The van der Waals surface area contributed by atoms with Crippen molar-refractivity contribution in [1.82, 2.24) is 19.6 Å². The SMILES string of the molecule is COc1cc2c(SNC(=O)Nc3cc(C)ccc3C)ncnc2cc1OCC1CCN(C)CC1. The fourth-order valence-corrected chi connectivity index (χ4v) is 4.56. The van der Waals surface area contributed by atoms with Gasteiger partial charge in [0.05, 0.1) is 19.2 Å². The monoisotopic (exact) mass is 481 g/mol. The zero-order chi connectivity index (χ0) is 24.1. The van der Waals surface area contributed by atoms with Gasteiger partial charge in [-0.1, -0.05) is 12.1 Å². The number of hydrogen-bond acceptors (Lipinski definition) is 7. The van der Waals surface area contributed by atoms with Gasteiger partial charge in [-0.3, -0.25) is 4.72 Å². The molecule has 2 N–H and O–H groups in total. The first-order valence-electron chi connectivity index (χ1n) is 11.4. The van der Waals surface area contributed by atoms with E-state index in [1.807, 2.05) is 44.2 Å². The van der Waals surface area contributed by atoms with E-state index < -0.39 is 0 Å². The fraction of sp³-hybridized carbons (Fsp3) is 0.400. The van der Waals surface area contributed by atoms with E-state index >= 15 is 0 Å². The minimum absolute atomic E-state index is 0.324. The van der Waals surface area contributed by atoms with Crippen LogP contribution >= 0.6 is 11.9 Å². The van der Waals surface area contributed by atoms with E-state index in [9.17, 15) is 4.79 Å². The minimum atomic E-state index is -0.324. The molecule has 4 rings (SSSR count). The van der Waals surface area contributed by atoms with Crippen molar-refractivity contribution in [3.63, 3.8) is 0 Å². The molecule has 0 radical (unpaired) electrons. The van der Waals surface area contributed by atoms with Gasteiger partial charge in [-0.15, -0.1) is 0 Å². The van der Waals surface area contributed by atoms with Gasteiger partial charge in [0.25, 0.3) is 0 Å². The number of benzene rings is 2. The third kappa shape index (κ3) is 5.90. The number of nitrogens with one attached hydrogen (secondary N) is 2. The first kappa shape index (κ1) is 24.1. The molecule has 1 fully saturated rings. The van der Waals surface area contributed by atoms with Gasteiger partial charge in [-0.05, 0) is 76.0 Å².